The summed E-state index contributed by atoms with van der Waals surface area (Å²) in [4.78, 5) is 10.4. The van der Waals surface area contributed by atoms with Crippen LogP contribution in [0.5, 0.6) is 11.6 Å². The molecule has 102 valence electrons. The highest BCUT2D eigenvalue weighted by Crippen LogP contribution is 2.33. The summed E-state index contributed by atoms with van der Waals surface area (Å²) in [6, 6.07) is 7.47. The summed E-state index contributed by atoms with van der Waals surface area (Å²) < 4.78 is 5.84. The molecule has 0 fully saturated rings. The van der Waals surface area contributed by atoms with Crippen LogP contribution in [0, 0.1) is 13.8 Å². The van der Waals surface area contributed by atoms with Gasteiger partial charge in [0.25, 0.3) is 0 Å². The molecule has 1 aromatic carbocycles. The Morgan fingerprint density at radius 1 is 1.20 bits per heavy atom. The molecule has 0 aliphatic carbocycles. The third-order valence-electron chi connectivity index (χ3n) is 2.84. The van der Waals surface area contributed by atoms with Gasteiger partial charge >= 0.3 is 0 Å². The average Bonchev–Trinajstić information content (AvgIpc) is 2.74. The van der Waals surface area contributed by atoms with Gasteiger partial charge in [-0.15, -0.1) is 11.3 Å². The number of nitrogen functional groups attached to an aromatic ring is 1. The number of hydrogen-bond donors (Lipinski definition) is 1. The van der Waals surface area contributed by atoms with E-state index in [1.165, 1.54) is 0 Å². The van der Waals surface area contributed by atoms with Gasteiger partial charge in [-0.2, -0.15) is 4.98 Å². The van der Waals surface area contributed by atoms with Crippen LogP contribution in [0.2, 0.25) is 5.02 Å². The van der Waals surface area contributed by atoms with Crippen molar-refractivity contribution in [2.45, 2.75) is 13.8 Å². The second-order valence-electron chi connectivity index (χ2n) is 4.48. The fourth-order valence-electron chi connectivity index (χ4n) is 1.90. The minimum absolute atomic E-state index is 0.208. The molecule has 0 saturated heterocycles. The standard InChI is InChI=1S/C14H12ClN3OS/c1-7-5-9(3-4-11(7)15)19-12-10-6-8(2)20-13(10)18-14(16)17-12/h3-6H,1-2H3,(H2,16,17,18). The molecule has 0 bridgehead atoms. The average molecular weight is 306 g/mol. The molecule has 0 aliphatic rings. The summed E-state index contributed by atoms with van der Waals surface area (Å²) in [5.74, 6) is 1.36. The van der Waals surface area contributed by atoms with Crippen molar-refractivity contribution in [3.63, 3.8) is 0 Å². The van der Waals surface area contributed by atoms with E-state index in [4.69, 9.17) is 22.1 Å². The molecule has 2 N–H and O–H groups in total. The number of aromatic nitrogens is 2. The monoisotopic (exact) mass is 305 g/mol. The van der Waals surface area contributed by atoms with Crippen LogP contribution in [-0.2, 0) is 0 Å². The third-order valence-corrected chi connectivity index (χ3v) is 4.21. The highest BCUT2D eigenvalue weighted by molar-refractivity contribution is 7.18. The summed E-state index contributed by atoms with van der Waals surface area (Å²) in [7, 11) is 0. The normalized spacial score (nSPS) is 10.9. The van der Waals surface area contributed by atoms with Crippen molar-refractivity contribution in [3.05, 3.63) is 39.7 Å². The fraction of sp³-hybridized carbons (Fsp3) is 0.143. The molecule has 0 unspecified atom stereocenters. The van der Waals surface area contributed by atoms with Gasteiger partial charge in [0, 0.05) is 9.90 Å². The zero-order valence-electron chi connectivity index (χ0n) is 11.0. The summed E-state index contributed by atoms with van der Waals surface area (Å²) in [6.07, 6.45) is 0. The Kier molecular flexibility index (Phi) is 3.23. The summed E-state index contributed by atoms with van der Waals surface area (Å²) in [5, 5.41) is 1.57. The SMILES string of the molecule is Cc1cc2c(Oc3ccc(Cl)c(C)c3)nc(N)nc2s1. The van der Waals surface area contributed by atoms with E-state index in [-0.39, 0.29) is 5.95 Å². The molecule has 2 heterocycles. The minimum atomic E-state index is 0.208. The van der Waals surface area contributed by atoms with Gasteiger partial charge in [-0.25, -0.2) is 4.98 Å². The number of rotatable bonds is 2. The Morgan fingerprint density at radius 2 is 2.00 bits per heavy atom. The van der Waals surface area contributed by atoms with E-state index in [1.54, 1.807) is 23.5 Å². The van der Waals surface area contributed by atoms with Gasteiger partial charge in [-0.3, -0.25) is 0 Å². The van der Waals surface area contributed by atoms with Crippen LogP contribution in [0.1, 0.15) is 10.4 Å². The summed E-state index contributed by atoms with van der Waals surface area (Å²) in [6.45, 7) is 3.94. The van der Waals surface area contributed by atoms with Crippen molar-refractivity contribution in [2.24, 2.45) is 0 Å². The van der Waals surface area contributed by atoms with Gasteiger partial charge in [0.2, 0.25) is 11.8 Å². The molecule has 0 radical (unpaired) electrons. The van der Waals surface area contributed by atoms with Crippen LogP contribution in [0.4, 0.5) is 5.95 Å². The third kappa shape index (κ3) is 2.42. The van der Waals surface area contributed by atoms with Crippen LogP contribution < -0.4 is 10.5 Å². The zero-order valence-corrected chi connectivity index (χ0v) is 12.5. The smallest absolute Gasteiger partial charge is 0.232 e. The van der Waals surface area contributed by atoms with E-state index in [1.807, 2.05) is 26.0 Å². The summed E-state index contributed by atoms with van der Waals surface area (Å²) >= 11 is 7.57. The Labute approximate surface area is 125 Å². The number of anilines is 1. The van der Waals surface area contributed by atoms with Gasteiger partial charge < -0.3 is 10.5 Å². The molecule has 0 aliphatic heterocycles. The van der Waals surface area contributed by atoms with Gasteiger partial charge in [0.15, 0.2) is 0 Å². The number of benzene rings is 1. The quantitative estimate of drug-likeness (QED) is 0.765. The van der Waals surface area contributed by atoms with E-state index in [0.717, 1.165) is 20.7 Å². The fourth-order valence-corrected chi connectivity index (χ4v) is 2.90. The topological polar surface area (TPSA) is 61.0 Å². The molecule has 3 aromatic rings. The Morgan fingerprint density at radius 3 is 2.75 bits per heavy atom. The molecule has 20 heavy (non-hydrogen) atoms. The molecule has 2 aromatic heterocycles. The number of aryl methyl sites for hydroxylation is 2. The summed E-state index contributed by atoms with van der Waals surface area (Å²) in [5.41, 5.74) is 6.67. The van der Waals surface area contributed by atoms with E-state index < -0.39 is 0 Å². The van der Waals surface area contributed by atoms with Crippen LogP contribution in [0.25, 0.3) is 10.2 Å². The van der Waals surface area contributed by atoms with Crippen molar-refractivity contribution >= 4 is 39.1 Å². The molecular formula is C14H12ClN3OS. The first-order chi connectivity index (χ1) is 9.52. The lowest BCUT2D eigenvalue weighted by Crippen LogP contribution is -1.97. The minimum Gasteiger partial charge on any atom is -0.438 e. The molecule has 0 saturated carbocycles. The maximum absolute atomic E-state index is 6.01. The van der Waals surface area contributed by atoms with E-state index in [2.05, 4.69) is 9.97 Å². The van der Waals surface area contributed by atoms with E-state index >= 15 is 0 Å². The predicted molar refractivity (Wildman–Crippen MR) is 82.8 cm³/mol. The molecule has 0 amide bonds. The number of thiophene rings is 1. The van der Waals surface area contributed by atoms with Crippen molar-refractivity contribution < 1.29 is 4.74 Å². The first-order valence-electron chi connectivity index (χ1n) is 6.00. The molecular weight excluding hydrogens is 294 g/mol. The van der Waals surface area contributed by atoms with Crippen LogP contribution in [-0.4, -0.2) is 9.97 Å². The Hall–Kier alpha value is -1.85. The van der Waals surface area contributed by atoms with Crippen molar-refractivity contribution in [1.82, 2.24) is 9.97 Å². The highest BCUT2D eigenvalue weighted by Gasteiger charge is 2.11. The molecule has 3 rings (SSSR count). The lowest BCUT2D eigenvalue weighted by molar-refractivity contribution is 0.469. The van der Waals surface area contributed by atoms with Crippen molar-refractivity contribution in [1.29, 1.82) is 0 Å². The Bertz CT molecular complexity index is 800. The molecule has 4 nitrogen and oxygen atoms in total. The highest BCUT2D eigenvalue weighted by atomic mass is 35.5. The number of halogens is 1. The predicted octanol–water partition coefficient (Wildman–Crippen LogP) is 4.34. The molecule has 6 heteroatoms. The van der Waals surface area contributed by atoms with Gasteiger partial charge in [-0.05, 0) is 43.7 Å². The second-order valence-corrected chi connectivity index (χ2v) is 6.12. The lowest BCUT2D eigenvalue weighted by atomic mass is 10.2. The van der Waals surface area contributed by atoms with Crippen LogP contribution >= 0.6 is 22.9 Å². The second kappa shape index (κ2) is 4.92. The van der Waals surface area contributed by atoms with E-state index in [0.29, 0.717) is 16.7 Å². The number of ether oxygens (including phenoxy) is 1. The van der Waals surface area contributed by atoms with E-state index in [9.17, 15) is 0 Å². The molecule has 0 atom stereocenters. The maximum atomic E-state index is 6.01. The number of nitrogens with two attached hydrogens (primary N) is 1. The zero-order chi connectivity index (χ0) is 14.3. The molecule has 0 spiro atoms. The van der Waals surface area contributed by atoms with Crippen LogP contribution in [0.15, 0.2) is 24.3 Å². The van der Waals surface area contributed by atoms with Gasteiger partial charge in [-0.1, -0.05) is 11.6 Å². The van der Waals surface area contributed by atoms with Gasteiger partial charge in [0.05, 0.1) is 5.39 Å². The first-order valence-corrected chi connectivity index (χ1v) is 7.20. The van der Waals surface area contributed by atoms with Gasteiger partial charge in [0.1, 0.15) is 10.6 Å². The number of nitrogens with zero attached hydrogens (tertiary/aromatic N) is 2. The van der Waals surface area contributed by atoms with Crippen LogP contribution in [0.3, 0.4) is 0 Å². The largest absolute Gasteiger partial charge is 0.438 e. The Balaban J connectivity index is 2.07. The lowest BCUT2D eigenvalue weighted by Gasteiger charge is -2.07. The number of fused-ring (bicyclic) bond motifs is 1. The van der Waals surface area contributed by atoms with Crippen molar-refractivity contribution in [2.75, 3.05) is 5.73 Å². The maximum Gasteiger partial charge on any atom is 0.232 e. The van der Waals surface area contributed by atoms with Crippen molar-refractivity contribution in [3.8, 4) is 11.6 Å². The first kappa shape index (κ1) is 13.1. The number of hydrogen-bond acceptors (Lipinski definition) is 5.